The number of hydrogen-bond donors (Lipinski definition) is 1. The predicted octanol–water partition coefficient (Wildman–Crippen LogP) is 2.79. The Labute approximate surface area is 106 Å². The summed E-state index contributed by atoms with van der Waals surface area (Å²) in [6.07, 6.45) is 2.05. The van der Waals surface area contributed by atoms with Crippen molar-refractivity contribution in [1.29, 1.82) is 0 Å². The second kappa shape index (κ2) is 7.35. The van der Waals surface area contributed by atoms with Gasteiger partial charge >= 0.3 is 5.97 Å². The van der Waals surface area contributed by atoms with Crippen molar-refractivity contribution in [3.63, 3.8) is 0 Å². The summed E-state index contributed by atoms with van der Waals surface area (Å²) in [5.41, 5.74) is 0.840. The maximum absolute atomic E-state index is 11.1. The normalized spacial score (nSPS) is 12.2. The topological polar surface area (TPSA) is 46.5 Å². The summed E-state index contributed by atoms with van der Waals surface area (Å²) in [6.45, 7) is 2.16. The largest absolute Gasteiger partial charge is 0.466 e. The summed E-state index contributed by atoms with van der Waals surface area (Å²) in [5.74, 6) is -0.257. The molecule has 1 rings (SSSR count). The molecule has 0 bridgehead atoms. The molecule has 0 saturated carbocycles. The van der Waals surface area contributed by atoms with Crippen molar-refractivity contribution >= 4 is 17.7 Å². The first-order valence-electron chi connectivity index (χ1n) is 5.65. The molecule has 1 atom stereocenters. The van der Waals surface area contributed by atoms with Crippen molar-refractivity contribution in [2.24, 2.45) is 0 Å². The smallest absolute Gasteiger partial charge is 0.305 e. The van der Waals surface area contributed by atoms with E-state index in [1.165, 1.54) is 0 Å². The first-order valence-corrected chi connectivity index (χ1v) is 6.87. The predicted molar refractivity (Wildman–Crippen MR) is 69.0 cm³/mol. The van der Waals surface area contributed by atoms with Gasteiger partial charge in [-0.1, -0.05) is 12.1 Å². The summed E-state index contributed by atoms with van der Waals surface area (Å²) in [6, 6.07) is 7.71. The van der Waals surface area contributed by atoms with Crippen molar-refractivity contribution in [1.82, 2.24) is 0 Å². The highest BCUT2D eigenvalue weighted by molar-refractivity contribution is 7.98. The zero-order valence-electron chi connectivity index (χ0n) is 10.2. The van der Waals surface area contributed by atoms with Gasteiger partial charge in [-0.2, -0.15) is 0 Å². The van der Waals surface area contributed by atoms with Crippen molar-refractivity contribution in [2.75, 3.05) is 12.9 Å². The van der Waals surface area contributed by atoms with Crippen LogP contribution < -0.4 is 0 Å². The number of aliphatic hydroxyl groups excluding tert-OH is 1. The lowest BCUT2D eigenvalue weighted by atomic mass is 10.1. The van der Waals surface area contributed by atoms with Gasteiger partial charge in [0.15, 0.2) is 0 Å². The summed E-state index contributed by atoms with van der Waals surface area (Å²) < 4.78 is 4.81. The Hall–Kier alpha value is -1.00. The third-order valence-electron chi connectivity index (χ3n) is 2.43. The summed E-state index contributed by atoms with van der Waals surface area (Å²) in [5, 5.41) is 9.89. The second-order valence-electron chi connectivity index (χ2n) is 3.63. The molecule has 0 saturated heterocycles. The number of benzene rings is 1. The van der Waals surface area contributed by atoms with Crippen LogP contribution in [0.25, 0.3) is 0 Å². The zero-order valence-corrected chi connectivity index (χ0v) is 11.0. The molecule has 3 nitrogen and oxygen atoms in total. The Bertz CT molecular complexity index is 348. The molecule has 0 spiro atoms. The number of hydrogen-bond acceptors (Lipinski definition) is 4. The first-order chi connectivity index (χ1) is 8.17. The van der Waals surface area contributed by atoms with Crippen molar-refractivity contribution in [3.05, 3.63) is 29.8 Å². The molecule has 94 valence electrons. The van der Waals surface area contributed by atoms with Gasteiger partial charge in [0, 0.05) is 11.3 Å². The molecule has 4 heteroatoms. The lowest BCUT2D eigenvalue weighted by Gasteiger charge is -2.10. The van der Waals surface area contributed by atoms with Crippen molar-refractivity contribution < 1.29 is 14.6 Å². The quantitative estimate of drug-likeness (QED) is 0.626. The number of carbonyl (C=O) groups is 1. The third-order valence-corrected chi connectivity index (χ3v) is 3.17. The van der Waals surface area contributed by atoms with Gasteiger partial charge in [0.05, 0.1) is 12.7 Å². The number of thioether (sulfide) groups is 1. The lowest BCUT2D eigenvalue weighted by molar-refractivity contribution is -0.143. The average molecular weight is 254 g/mol. The van der Waals surface area contributed by atoms with Crippen LogP contribution in [0.1, 0.15) is 31.4 Å². The number of carbonyl (C=O) groups excluding carboxylic acids is 1. The summed E-state index contributed by atoms with van der Waals surface area (Å²) >= 11 is 1.66. The fraction of sp³-hybridized carbons (Fsp3) is 0.462. The van der Waals surface area contributed by atoms with E-state index in [4.69, 9.17) is 4.74 Å². The van der Waals surface area contributed by atoms with E-state index in [-0.39, 0.29) is 12.4 Å². The van der Waals surface area contributed by atoms with Gasteiger partial charge in [-0.3, -0.25) is 4.79 Å². The molecule has 0 fully saturated rings. The fourth-order valence-electron chi connectivity index (χ4n) is 1.48. The van der Waals surface area contributed by atoms with E-state index in [2.05, 4.69) is 0 Å². The molecule has 1 aromatic carbocycles. The van der Waals surface area contributed by atoms with E-state index in [1.807, 2.05) is 30.5 Å². The van der Waals surface area contributed by atoms with Crippen LogP contribution in [0, 0.1) is 0 Å². The lowest BCUT2D eigenvalue weighted by Crippen LogP contribution is -2.07. The van der Waals surface area contributed by atoms with Crippen LogP contribution in [-0.2, 0) is 9.53 Å². The number of ether oxygens (including phenoxy) is 1. The molecule has 0 amide bonds. The first kappa shape index (κ1) is 14.1. The molecule has 0 aliphatic rings. The summed E-state index contributed by atoms with van der Waals surface area (Å²) in [7, 11) is 0. The monoisotopic (exact) mass is 254 g/mol. The molecule has 0 aliphatic heterocycles. The van der Waals surface area contributed by atoms with E-state index in [0.717, 1.165) is 10.5 Å². The van der Waals surface area contributed by atoms with Gasteiger partial charge in [-0.25, -0.2) is 0 Å². The SMILES string of the molecule is CCOC(=O)CCC(O)c1ccc(SC)cc1. The molecule has 0 aliphatic carbocycles. The highest BCUT2D eigenvalue weighted by Crippen LogP contribution is 2.22. The highest BCUT2D eigenvalue weighted by Gasteiger charge is 2.10. The molecular formula is C13H18O3S. The molecule has 1 N–H and O–H groups in total. The minimum atomic E-state index is -0.602. The maximum atomic E-state index is 11.1. The van der Waals surface area contributed by atoms with Gasteiger partial charge in [-0.05, 0) is 37.3 Å². The minimum Gasteiger partial charge on any atom is -0.466 e. The van der Waals surface area contributed by atoms with E-state index in [1.54, 1.807) is 18.7 Å². The van der Waals surface area contributed by atoms with Gasteiger partial charge in [0.25, 0.3) is 0 Å². The van der Waals surface area contributed by atoms with Crippen LogP contribution >= 0.6 is 11.8 Å². The van der Waals surface area contributed by atoms with E-state index in [9.17, 15) is 9.90 Å². The van der Waals surface area contributed by atoms with Crippen LogP contribution in [0.4, 0.5) is 0 Å². The fourth-order valence-corrected chi connectivity index (χ4v) is 1.89. The Morgan fingerprint density at radius 3 is 2.59 bits per heavy atom. The highest BCUT2D eigenvalue weighted by atomic mass is 32.2. The van der Waals surface area contributed by atoms with Gasteiger partial charge in [0.2, 0.25) is 0 Å². The molecule has 0 heterocycles. The van der Waals surface area contributed by atoms with Crippen LogP contribution in [0.15, 0.2) is 29.2 Å². The Morgan fingerprint density at radius 1 is 1.41 bits per heavy atom. The standard InChI is InChI=1S/C13H18O3S/c1-3-16-13(15)9-8-12(14)10-4-6-11(17-2)7-5-10/h4-7,12,14H,3,8-9H2,1-2H3. The number of esters is 1. The van der Waals surface area contributed by atoms with E-state index < -0.39 is 6.10 Å². The van der Waals surface area contributed by atoms with Crippen LogP contribution in [0.2, 0.25) is 0 Å². The molecule has 1 aromatic rings. The van der Waals surface area contributed by atoms with Crippen LogP contribution in [0.3, 0.4) is 0 Å². The van der Waals surface area contributed by atoms with Gasteiger partial charge in [0.1, 0.15) is 0 Å². The van der Waals surface area contributed by atoms with Gasteiger partial charge in [-0.15, -0.1) is 11.8 Å². The summed E-state index contributed by atoms with van der Waals surface area (Å²) in [4.78, 5) is 12.3. The number of rotatable bonds is 6. The second-order valence-corrected chi connectivity index (χ2v) is 4.51. The molecule has 0 aromatic heterocycles. The van der Waals surface area contributed by atoms with Crippen molar-refractivity contribution in [3.8, 4) is 0 Å². The average Bonchev–Trinajstić information content (AvgIpc) is 2.36. The Balaban J connectivity index is 2.46. The van der Waals surface area contributed by atoms with Crippen molar-refractivity contribution in [2.45, 2.75) is 30.8 Å². The molecular weight excluding hydrogens is 236 g/mol. The Morgan fingerprint density at radius 2 is 2.06 bits per heavy atom. The van der Waals surface area contributed by atoms with Gasteiger partial charge < -0.3 is 9.84 Å². The molecule has 0 radical (unpaired) electrons. The Kier molecular flexibility index (Phi) is 6.08. The minimum absolute atomic E-state index is 0.249. The van der Waals surface area contributed by atoms with E-state index in [0.29, 0.717) is 13.0 Å². The maximum Gasteiger partial charge on any atom is 0.305 e. The van der Waals surface area contributed by atoms with Crippen LogP contribution in [-0.4, -0.2) is 23.9 Å². The molecule has 1 unspecified atom stereocenters. The zero-order chi connectivity index (χ0) is 12.7. The number of aliphatic hydroxyl groups is 1. The third kappa shape index (κ3) is 4.79. The van der Waals surface area contributed by atoms with Crippen LogP contribution in [0.5, 0.6) is 0 Å². The molecule has 17 heavy (non-hydrogen) atoms. The van der Waals surface area contributed by atoms with E-state index >= 15 is 0 Å².